The van der Waals surface area contributed by atoms with Gasteiger partial charge in [-0.15, -0.1) is 0 Å². The Morgan fingerprint density at radius 2 is 2.00 bits per heavy atom. The van der Waals surface area contributed by atoms with Crippen LogP contribution in [-0.4, -0.2) is 50.2 Å². The SMILES string of the molecule is CCn1nc(C)c([N+](=O)[O-])c1N1CC(O)C(O)C1. The Labute approximate surface area is 104 Å². The summed E-state index contributed by atoms with van der Waals surface area (Å²) in [5.74, 6) is 0.357. The zero-order valence-corrected chi connectivity index (χ0v) is 10.3. The Hall–Kier alpha value is -1.67. The molecule has 1 aromatic heterocycles. The van der Waals surface area contributed by atoms with E-state index in [1.165, 1.54) is 4.68 Å². The van der Waals surface area contributed by atoms with Gasteiger partial charge in [0, 0.05) is 19.6 Å². The molecular weight excluding hydrogens is 240 g/mol. The van der Waals surface area contributed by atoms with E-state index < -0.39 is 17.1 Å². The molecule has 0 saturated carbocycles. The van der Waals surface area contributed by atoms with Crippen molar-refractivity contribution in [3.05, 3.63) is 15.8 Å². The van der Waals surface area contributed by atoms with Gasteiger partial charge >= 0.3 is 5.69 Å². The number of nitrogens with zero attached hydrogens (tertiary/aromatic N) is 4. The van der Waals surface area contributed by atoms with Gasteiger partial charge in [0.25, 0.3) is 0 Å². The number of nitro groups is 1. The fraction of sp³-hybridized carbons (Fsp3) is 0.700. The third-order valence-electron chi connectivity index (χ3n) is 3.11. The Bertz CT molecular complexity index is 463. The second kappa shape index (κ2) is 4.54. The van der Waals surface area contributed by atoms with Gasteiger partial charge in [-0.05, 0) is 13.8 Å². The minimum absolute atomic E-state index is 0.0573. The third-order valence-corrected chi connectivity index (χ3v) is 3.11. The van der Waals surface area contributed by atoms with Gasteiger partial charge in [-0.25, -0.2) is 4.68 Å². The Morgan fingerprint density at radius 3 is 2.44 bits per heavy atom. The third kappa shape index (κ3) is 1.93. The zero-order chi connectivity index (χ0) is 13.4. The molecular formula is C10H16N4O4. The first-order valence-corrected chi connectivity index (χ1v) is 5.78. The van der Waals surface area contributed by atoms with Crippen LogP contribution in [0.25, 0.3) is 0 Å². The van der Waals surface area contributed by atoms with Crippen molar-refractivity contribution in [2.75, 3.05) is 18.0 Å². The van der Waals surface area contributed by atoms with Crippen LogP contribution in [-0.2, 0) is 6.54 Å². The van der Waals surface area contributed by atoms with E-state index in [1.807, 2.05) is 6.92 Å². The molecule has 1 aromatic rings. The van der Waals surface area contributed by atoms with E-state index in [2.05, 4.69) is 5.10 Å². The lowest BCUT2D eigenvalue weighted by atomic mass is 10.3. The zero-order valence-electron chi connectivity index (χ0n) is 10.3. The van der Waals surface area contributed by atoms with Crippen molar-refractivity contribution >= 4 is 11.5 Å². The topological polar surface area (TPSA) is 105 Å². The fourth-order valence-electron chi connectivity index (χ4n) is 2.25. The molecule has 0 amide bonds. The Kier molecular flexibility index (Phi) is 3.22. The molecule has 0 spiro atoms. The minimum atomic E-state index is -0.884. The molecule has 0 bridgehead atoms. The van der Waals surface area contributed by atoms with E-state index in [0.29, 0.717) is 18.1 Å². The van der Waals surface area contributed by atoms with E-state index in [0.717, 1.165) is 0 Å². The van der Waals surface area contributed by atoms with Gasteiger partial charge in [-0.1, -0.05) is 0 Å². The second-order valence-electron chi connectivity index (χ2n) is 4.37. The number of aromatic nitrogens is 2. The molecule has 0 aliphatic carbocycles. The number of aryl methyl sites for hydroxylation is 2. The number of β-amino-alcohol motifs (C(OH)–C–C–N with tert-alkyl or cyclic N) is 2. The molecule has 0 aromatic carbocycles. The fourth-order valence-corrected chi connectivity index (χ4v) is 2.25. The Balaban J connectivity index is 2.45. The number of rotatable bonds is 3. The van der Waals surface area contributed by atoms with Crippen molar-refractivity contribution < 1.29 is 15.1 Å². The predicted molar refractivity (Wildman–Crippen MR) is 63.5 cm³/mol. The maximum atomic E-state index is 11.1. The van der Waals surface area contributed by atoms with Gasteiger partial charge in [0.2, 0.25) is 5.82 Å². The highest BCUT2D eigenvalue weighted by molar-refractivity contribution is 5.62. The highest BCUT2D eigenvalue weighted by Gasteiger charge is 2.37. The van der Waals surface area contributed by atoms with Gasteiger partial charge in [0.15, 0.2) is 0 Å². The number of anilines is 1. The van der Waals surface area contributed by atoms with Gasteiger partial charge in [-0.3, -0.25) is 10.1 Å². The summed E-state index contributed by atoms with van der Waals surface area (Å²) in [6.45, 7) is 4.26. The van der Waals surface area contributed by atoms with Gasteiger partial charge in [0.05, 0.1) is 17.1 Å². The lowest BCUT2D eigenvalue weighted by molar-refractivity contribution is -0.384. The van der Waals surface area contributed by atoms with E-state index in [1.54, 1.807) is 11.8 Å². The number of aliphatic hydroxyl groups is 2. The van der Waals surface area contributed by atoms with Gasteiger partial charge < -0.3 is 15.1 Å². The lowest BCUT2D eigenvalue weighted by Crippen LogP contribution is -2.25. The Morgan fingerprint density at radius 1 is 1.44 bits per heavy atom. The summed E-state index contributed by atoms with van der Waals surface area (Å²) in [5.41, 5.74) is 0.283. The molecule has 2 heterocycles. The largest absolute Gasteiger partial charge is 0.389 e. The minimum Gasteiger partial charge on any atom is -0.389 e. The van der Waals surface area contributed by atoms with Crippen molar-refractivity contribution in [1.82, 2.24) is 9.78 Å². The monoisotopic (exact) mass is 256 g/mol. The van der Waals surface area contributed by atoms with Crippen LogP contribution in [0.2, 0.25) is 0 Å². The first kappa shape index (κ1) is 12.8. The van der Waals surface area contributed by atoms with E-state index in [-0.39, 0.29) is 18.8 Å². The van der Waals surface area contributed by atoms with Crippen LogP contribution in [0.3, 0.4) is 0 Å². The first-order valence-electron chi connectivity index (χ1n) is 5.78. The molecule has 0 radical (unpaired) electrons. The van der Waals surface area contributed by atoms with Crippen LogP contribution in [0, 0.1) is 17.0 Å². The van der Waals surface area contributed by atoms with E-state index in [4.69, 9.17) is 0 Å². The van der Waals surface area contributed by atoms with Crippen molar-refractivity contribution in [2.45, 2.75) is 32.6 Å². The molecule has 2 rings (SSSR count). The lowest BCUT2D eigenvalue weighted by Gasteiger charge is -2.17. The summed E-state index contributed by atoms with van der Waals surface area (Å²) in [7, 11) is 0. The van der Waals surface area contributed by atoms with Gasteiger partial charge in [0.1, 0.15) is 5.69 Å². The summed E-state index contributed by atoms with van der Waals surface area (Å²) in [6, 6.07) is 0. The molecule has 2 unspecified atom stereocenters. The molecule has 2 N–H and O–H groups in total. The van der Waals surface area contributed by atoms with Crippen molar-refractivity contribution in [3.63, 3.8) is 0 Å². The quantitative estimate of drug-likeness (QED) is 0.566. The van der Waals surface area contributed by atoms with Crippen LogP contribution in [0.15, 0.2) is 0 Å². The second-order valence-corrected chi connectivity index (χ2v) is 4.37. The van der Waals surface area contributed by atoms with Crippen LogP contribution >= 0.6 is 0 Å². The summed E-state index contributed by atoms with van der Waals surface area (Å²) < 4.78 is 1.53. The maximum absolute atomic E-state index is 11.1. The summed E-state index contributed by atoms with van der Waals surface area (Å²) in [6.07, 6.45) is -1.77. The summed E-state index contributed by atoms with van der Waals surface area (Å²) >= 11 is 0. The molecule has 18 heavy (non-hydrogen) atoms. The van der Waals surface area contributed by atoms with Crippen LogP contribution in [0.1, 0.15) is 12.6 Å². The first-order chi connectivity index (χ1) is 8.45. The van der Waals surface area contributed by atoms with Crippen molar-refractivity contribution in [1.29, 1.82) is 0 Å². The smallest absolute Gasteiger partial charge is 0.333 e. The molecule has 100 valence electrons. The number of hydrogen-bond donors (Lipinski definition) is 2. The van der Waals surface area contributed by atoms with Crippen molar-refractivity contribution in [2.24, 2.45) is 0 Å². The molecule has 8 heteroatoms. The molecule has 1 fully saturated rings. The molecule has 1 aliphatic rings. The highest BCUT2D eigenvalue weighted by Crippen LogP contribution is 2.33. The van der Waals surface area contributed by atoms with Crippen LogP contribution in [0.4, 0.5) is 11.5 Å². The molecule has 2 atom stereocenters. The number of hydrogen-bond acceptors (Lipinski definition) is 6. The van der Waals surface area contributed by atoms with E-state index >= 15 is 0 Å². The predicted octanol–water partition coefficient (Wildman–Crippen LogP) is -0.339. The van der Waals surface area contributed by atoms with Crippen LogP contribution in [0.5, 0.6) is 0 Å². The van der Waals surface area contributed by atoms with Gasteiger partial charge in [-0.2, -0.15) is 5.10 Å². The molecule has 8 nitrogen and oxygen atoms in total. The van der Waals surface area contributed by atoms with Crippen LogP contribution < -0.4 is 4.90 Å². The maximum Gasteiger partial charge on any atom is 0.333 e. The van der Waals surface area contributed by atoms with E-state index in [9.17, 15) is 20.3 Å². The highest BCUT2D eigenvalue weighted by atomic mass is 16.6. The summed E-state index contributed by atoms with van der Waals surface area (Å²) in [5, 5.41) is 34.3. The standard InChI is InChI=1S/C10H16N4O4/c1-3-13-10(9(14(17)18)6(2)11-13)12-4-7(15)8(16)5-12/h7-8,15-16H,3-5H2,1-2H3. The average molecular weight is 256 g/mol. The number of aliphatic hydroxyl groups excluding tert-OH is 2. The summed E-state index contributed by atoms with van der Waals surface area (Å²) in [4.78, 5) is 12.2. The molecule has 1 aliphatic heterocycles. The normalized spacial score (nSPS) is 23.7. The average Bonchev–Trinajstić information content (AvgIpc) is 2.79. The van der Waals surface area contributed by atoms with Crippen molar-refractivity contribution in [3.8, 4) is 0 Å². The molecule has 1 saturated heterocycles.